The lowest BCUT2D eigenvalue weighted by atomic mass is 9.79. The molecule has 0 bridgehead atoms. The highest BCUT2D eigenvalue weighted by Gasteiger charge is 2.39. The summed E-state index contributed by atoms with van der Waals surface area (Å²) in [6.07, 6.45) is 9.09. The number of hydrogen-bond acceptors (Lipinski definition) is 3. The number of fused-ring (bicyclic) bond motifs is 2. The van der Waals surface area contributed by atoms with E-state index in [1.54, 1.807) is 0 Å². The van der Waals surface area contributed by atoms with Gasteiger partial charge >= 0.3 is 0 Å². The molecule has 1 amide bonds. The molecule has 1 aromatic heterocycles. The fraction of sp³-hybridized carbons (Fsp3) is 0.462. The minimum Gasteiger partial charge on any atom is -0.343 e. The number of aromatic nitrogens is 1. The van der Waals surface area contributed by atoms with Crippen molar-refractivity contribution in [3.8, 4) is 0 Å². The van der Waals surface area contributed by atoms with Gasteiger partial charge in [-0.3, -0.25) is 19.1 Å². The van der Waals surface area contributed by atoms with Crippen LogP contribution in [0.1, 0.15) is 42.6 Å². The first-order chi connectivity index (χ1) is 15.1. The van der Waals surface area contributed by atoms with Gasteiger partial charge in [0.15, 0.2) is 0 Å². The van der Waals surface area contributed by atoms with Crippen LogP contribution in [0.15, 0.2) is 43.1 Å². The summed E-state index contributed by atoms with van der Waals surface area (Å²) in [6.45, 7) is 10.9. The molecule has 1 fully saturated rings. The van der Waals surface area contributed by atoms with E-state index < -0.39 is 0 Å². The fourth-order valence-electron chi connectivity index (χ4n) is 5.43. The fourth-order valence-corrected chi connectivity index (χ4v) is 5.43. The normalized spacial score (nSPS) is 22.7. The Morgan fingerprint density at radius 3 is 2.68 bits per heavy atom. The van der Waals surface area contributed by atoms with Gasteiger partial charge in [-0.25, -0.2) is 0 Å². The molecule has 2 aliphatic carbocycles. The molecule has 5 heteroatoms. The maximum atomic E-state index is 13.2. The number of hydrogen-bond donors (Lipinski definition) is 0. The van der Waals surface area contributed by atoms with Gasteiger partial charge in [-0.05, 0) is 55.9 Å². The van der Waals surface area contributed by atoms with E-state index in [-0.39, 0.29) is 29.7 Å². The van der Waals surface area contributed by atoms with E-state index in [9.17, 15) is 9.59 Å². The second-order valence-electron chi connectivity index (χ2n) is 9.04. The Morgan fingerprint density at radius 1 is 1.23 bits per heavy atom. The molecule has 1 saturated carbocycles. The third-order valence-corrected chi connectivity index (χ3v) is 7.16. The number of nitrogens with zero attached hydrogens (tertiary/aromatic N) is 3. The minimum absolute atomic E-state index is 0.155. The number of carbonyl (C=O) groups excluding carboxylic acids is 2. The van der Waals surface area contributed by atoms with Crippen molar-refractivity contribution in [2.75, 3.05) is 26.2 Å². The summed E-state index contributed by atoms with van der Waals surface area (Å²) in [7, 11) is 0. The standard InChI is InChI=1S/C26H31N3O2/c1-4-12-28-15-19(25(30)27(5-2)6-3)13-21-20-8-7-9-22-24(20)18(14-23(21)28)16-29(22)26(31)17-10-11-17/h4,7-9,13,16-17,19,23H,1,5-6,10-12,14-15H2,2-3H3/t19-,23-/m1/s1. The van der Waals surface area contributed by atoms with Gasteiger partial charge in [0.1, 0.15) is 0 Å². The van der Waals surface area contributed by atoms with Gasteiger partial charge in [-0.1, -0.05) is 24.3 Å². The van der Waals surface area contributed by atoms with E-state index in [1.165, 1.54) is 22.1 Å². The maximum absolute atomic E-state index is 13.2. The summed E-state index contributed by atoms with van der Waals surface area (Å²) in [6, 6.07) is 6.48. The van der Waals surface area contributed by atoms with Crippen LogP contribution in [-0.2, 0) is 11.2 Å². The monoisotopic (exact) mass is 417 g/mol. The zero-order valence-electron chi connectivity index (χ0n) is 18.5. The summed E-state index contributed by atoms with van der Waals surface area (Å²) in [5, 5.41) is 1.19. The predicted octanol–water partition coefficient (Wildman–Crippen LogP) is 3.99. The first kappa shape index (κ1) is 20.3. The lowest BCUT2D eigenvalue weighted by Crippen LogP contribution is -2.49. The summed E-state index contributed by atoms with van der Waals surface area (Å²) < 4.78 is 1.89. The quantitative estimate of drug-likeness (QED) is 0.668. The number of rotatable bonds is 6. The molecule has 5 nitrogen and oxygen atoms in total. The molecule has 3 aliphatic rings. The van der Waals surface area contributed by atoms with Gasteiger partial charge in [-0.15, -0.1) is 6.58 Å². The Hall–Kier alpha value is -2.66. The molecule has 2 heterocycles. The highest BCUT2D eigenvalue weighted by molar-refractivity contribution is 6.04. The largest absolute Gasteiger partial charge is 0.343 e. The van der Waals surface area contributed by atoms with Gasteiger partial charge < -0.3 is 4.90 Å². The van der Waals surface area contributed by atoms with Crippen LogP contribution in [0.3, 0.4) is 0 Å². The van der Waals surface area contributed by atoms with Gasteiger partial charge in [0, 0.05) is 49.7 Å². The van der Waals surface area contributed by atoms with Gasteiger partial charge in [-0.2, -0.15) is 0 Å². The van der Waals surface area contributed by atoms with Crippen molar-refractivity contribution in [2.24, 2.45) is 11.8 Å². The molecule has 5 rings (SSSR count). The van der Waals surface area contributed by atoms with Crippen LogP contribution in [0.4, 0.5) is 0 Å². The highest BCUT2D eigenvalue weighted by atomic mass is 16.2. The van der Waals surface area contributed by atoms with Crippen LogP contribution in [0.25, 0.3) is 16.5 Å². The maximum Gasteiger partial charge on any atom is 0.234 e. The Labute approximate surface area is 184 Å². The summed E-state index contributed by atoms with van der Waals surface area (Å²) in [4.78, 5) is 30.5. The van der Waals surface area contributed by atoms with E-state index >= 15 is 0 Å². The van der Waals surface area contributed by atoms with Gasteiger partial charge in [0.25, 0.3) is 0 Å². The van der Waals surface area contributed by atoms with Crippen LogP contribution < -0.4 is 0 Å². The Morgan fingerprint density at radius 2 is 2.00 bits per heavy atom. The molecule has 2 aromatic rings. The van der Waals surface area contributed by atoms with Crippen LogP contribution in [0.5, 0.6) is 0 Å². The van der Waals surface area contributed by atoms with Crippen molar-refractivity contribution in [3.05, 3.63) is 54.3 Å². The molecule has 0 spiro atoms. The third kappa shape index (κ3) is 3.26. The first-order valence-electron chi connectivity index (χ1n) is 11.6. The number of amides is 1. The molecule has 1 aromatic carbocycles. The van der Waals surface area contributed by atoms with Crippen molar-refractivity contribution in [1.82, 2.24) is 14.4 Å². The lowest BCUT2D eigenvalue weighted by Gasteiger charge is -2.42. The van der Waals surface area contributed by atoms with Crippen LogP contribution in [0, 0.1) is 11.8 Å². The SMILES string of the molecule is C=CCN1C[C@H](C(=O)N(CC)CC)C=C2c3cccc4c3c(cn4C(=O)C3CC3)C[C@H]21. The Kier molecular flexibility index (Phi) is 5.09. The third-order valence-electron chi connectivity index (χ3n) is 7.16. The lowest BCUT2D eigenvalue weighted by molar-refractivity contribution is -0.134. The zero-order valence-corrected chi connectivity index (χ0v) is 18.5. The average Bonchev–Trinajstić information content (AvgIpc) is 3.57. The summed E-state index contributed by atoms with van der Waals surface area (Å²) >= 11 is 0. The van der Waals surface area contributed by atoms with Crippen molar-refractivity contribution < 1.29 is 9.59 Å². The molecule has 0 N–H and O–H groups in total. The average molecular weight is 418 g/mol. The minimum atomic E-state index is -0.155. The summed E-state index contributed by atoms with van der Waals surface area (Å²) in [5.41, 5.74) is 4.66. The molecular formula is C26H31N3O2. The van der Waals surface area contributed by atoms with Crippen LogP contribution in [0.2, 0.25) is 0 Å². The van der Waals surface area contributed by atoms with E-state index in [2.05, 4.69) is 42.0 Å². The molecule has 162 valence electrons. The summed E-state index contributed by atoms with van der Waals surface area (Å²) in [5.74, 6) is 0.454. The van der Waals surface area contributed by atoms with Gasteiger partial charge in [0.05, 0.1) is 11.4 Å². The molecule has 1 aliphatic heterocycles. The first-order valence-corrected chi connectivity index (χ1v) is 11.6. The van der Waals surface area contributed by atoms with Crippen molar-refractivity contribution >= 4 is 28.3 Å². The molecule has 31 heavy (non-hydrogen) atoms. The number of carbonyl (C=O) groups is 2. The Bertz CT molecular complexity index is 1090. The van der Waals surface area contributed by atoms with Crippen molar-refractivity contribution in [3.63, 3.8) is 0 Å². The second kappa shape index (κ2) is 7.79. The van der Waals surface area contributed by atoms with E-state index in [4.69, 9.17) is 0 Å². The Balaban J connectivity index is 1.62. The topological polar surface area (TPSA) is 45.6 Å². The van der Waals surface area contributed by atoms with E-state index in [0.29, 0.717) is 6.54 Å². The van der Waals surface area contributed by atoms with Crippen molar-refractivity contribution in [2.45, 2.75) is 39.2 Å². The molecule has 2 atom stereocenters. The van der Waals surface area contributed by atoms with E-state index in [0.717, 1.165) is 44.4 Å². The smallest absolute Gasteiger partial charge is 0.234 e. The highest BCUT2D eigenvalue weighted by Crippen LogP contribution is 2.43. The van der Waals surface area contributed by atoms with Crippen LogP contribution in [-0.4, -0.2) is 58.4 Å². The molecular weight excluding hydrogens is 386 g/mol. The van der Waals surface area contributed by atoms with Crippen LogP contribution >= 0.6 is 0 Å². The zero-order chi connectivity index (χ0) is 21.7. The van der Waals surface area contributed by atoms with Crippen molar-refractivity contribution in [1.29, 1.82) is 0 Å². The number of benzene rings is 1. The van der Waals surface area contributed by atoms with E-state index in [1.807, 2.05) is 29.4 Å². The molecule has 0 unspecified atom stereocenters. The predicted molar refractivity (Wildman–Crippen MR) is 124 cm³/mol. The van der Waals surface area contributed by atoms with Gasteiger partial charge in [0.2, 0.25) is 11.8 Å². The second-order valence-corrected chi connectivity index (χ2v) is 9.04. The molecule has 0 radical (unpaired) electrons. The molecule has 0 saturated heterocycles.